The number of carbonyl (C=O) groups is 2. The summed E-state index contributed by atoms with van der Waals surface area (Å²) < 4.78 is 108. The zero-order chi connectivity index (χ0) is 37.5. The second kappa shape index (κ2) is 14.0. The molecule has 0 fully saturated rings. The minimum absolute atomic E-state index is 0.0110. The Morgan fingerprint density at radius 3 is 2.16 bits per heavy atom. The predicted octanol–water partition coefficient (Wildman–Crippen LogP) is 5.75. The summed E-state index contributed by atoms with van der Waals surface area (Å²) in [5, 5.41) is 4.55. The van der Waals surface area contributed by atoms with E-state index in [0.29, 0.717) is 21.8 Å². The van der Waals surface area contributed by atoms with Gasteiger partial charge in [-0.15, -0.1) is 0 Å². The number of benzene rings is 3. The number of nitrogens with one attached hydrogen (secondary N) is 2. The van der Waals surface area contributed by atoms with Crippen LogP contribution in [0.25, 0.3) is 10.9 Å². The molecule has 0 aliphatic heterocycles. The average molecular weight is 749 g/mol. The van der Waals surface area contributed by atoms with Crippen LogP contribution in [-0.4, -0.2) is 55.6 Å². The van der Waals surface area contributed by atoms with Crippen LogP contribution < -0.4 is 21.9 Å². The number of anilines is 1. The van der Waals surface area contributed by atoms with E-state index in [2.05, 4.69) is 10.6 Å². The molecule has 0 saturated heterocycles. The number of aromatic nitrogens is 2. The number of halogens is 8. The summed E-state index contributed by atoms with van der Waals surface area (Å²) in [5.74, 6) is -1.21. The Labute approximate surface area is 286 Å². The van der Waals surface area contributed by atoms with Gasteiger partial charge in [0.15, 0.2) is 0 Å². The summed E-state index contributed by atoms with van der Waals surface area (Å²) in [6.07, 6.45) is -11.4. The Morgan fingerprint density at radius 2 is 1.58 bits per heavy atom. The summed E-state index contributed by atoms with van der Waals surface area (Å²) in [4.78, 5) is 52.2. The number of amides is 2. The molecule has 0 saturated carbocycles. The second-order valence-corrected chi connectivity index (χ2v) is 13.4. The Morgan fingerprint density at radius 1 is 0.940 bits per heavy atom. The molecule has 4 rings (SSSR count). The Kier molecular flexibility index (Phi) is 10.7. The first-order valence-electron chi connectivity index (χ1n) is 14.4. The molecule has 0 aliphatic carbocycles. The second-order valence-electron chi connectivity index (χ2n) is 11.5. The lowest BCUT2D eigenvalue weighted by Gasteiger charge is -2.30. The Bertz CT molecular complexity index is 2130. The molecule has 2 atom stereocenters. The van der Waals surface area contributed by atoms with Gasteiger partial charge >= 0.3 is 23.7 Å². The lowest BCUT2D eigenvalue weighted by atomic mass is 9.93. The number of nitrogens with zero attached hydrogens (tertiary/aromatic N) is 2. The van der Waals surface area contributed by atoms with Crippen LogP contribution in [-0.2, 0) is 30.1 Å². The van der Waals surface area contributed by atoms with Crippen LogP contribution in [0.3, 0.4) is 0 Å². The minimum Gasteiger partial charge on any atom is -0.349 e. The molecule has 4 aromatic rings. The standard InChI is InChI=1S/C32H28ClF7N4O5S/c1-16-12-18(8-10-23(16)42-26(45)20-6-5-7-22(33)25(20)27(46)41-17(2)15-50(4)49)14-44-24-11-9-19(13-21(24)28(47)43(3)29(44)48)30(34,31(35,36)37)32(38,39)40/h5-13,17H,14-15H2,1-4H3,(H,41,46)(H,42,45)/t17-,50?/m0/s1. The van der Waals surface area contributed by atoms with E-state index < -0.39 is 68.9 Å². The average Bonchev–Trinajstić information content (AvgIpc) is 3.00. The smallest absolute Gasteiger partial charge is 0.349 e. The van der Waals surface area contributed by atoms with Gasteiger partial charge < -0.3 is 10.6 Å². The largest absolute Gasteiger partial charge is 0.435 e. The van der Waals surface area contributed by atoms with Crippen molar-refractivity contribution in [2.24, 2.45) is 7.05 Å². The van der Waals surface area contributed by atoms with Crippen LogP contribution in [0.5, 0.6) is 0 Å². The van der Waals surface area contributed by atoms with E-state index >= 15 is 0 Å². The van der Waals surface area contributed by atoms with Crippen LogP contribution in [0.15, 0.2) is 64.2 Å². The first-order chi connectivity index (χ1) is 23.1. The van der Waals surface area contributed by atoms with Crippen molar-refractivity contribution in [3.8, 4) is 0 Å². The zero-order valence-corrected chi connectivity index (χ0v) is 28.1. The topological polar surface area (TPSA) is 119 Å². The van der Waals surface area contributed by atoms with E-state index in [-0.39, 0.29) is 51.8 Å². The van der Waals surface area contributed by atoms with Gasteiger partial charge in [-0.05, 0) is 55.3 Å². The van der Waals surface area contributed by atoms with Gasteiger partial charge in [0.25, 0.3) is 17.4 Å². The molecule has 1 heterocycles. The fourth-order valence-electron chi connectivity index (χ4n) is 5.32. The van der Waals surface area contributed by atoms with E-state index in [1.54, 1.807) is 13.8 Å². The third-order valence-electron chi connectivity index (χ3n) is 7.75. The molecular formula is C32H28ClF7N4O5S. The van der Waals surface area contributed by atoms with E-state index in [9.17, 15) is 54.1 Å². The summed E-state index contributed by atoms with van der Waals surface area (Å²) in [6.45, 7) is 2.89. The van der Waals surface area contributed by atoms with Crippen molar-refractivity contribution in [3.63, 3.8) is 0 Å². The van der Waals surface area contributed by atoms with Gasteiger partial charge in [-0.1, -0.05) is 35.9 Å². The SMILES string of the molecule is Cc1cc(Cn2c(=O)n(C)c(=O)c3cc(C(F)(C(F)(F)F)C(F)(F)F)ccc32)ccc1NC(=O)c1cccc(Cl)c1C(=O)N[C@@H](C)CS(C)=O. The van der Waals surface area contributed by atoms with Crippen LogP contribution in [0.1, 0.15) is 44.3 Å². The number of aryl methyl sites for hydroxylation is 1. The lowest BCUT2D eigenvalue weighted by molar-refractivity contribution is -0.348. The molecule has 9 nitrogen and oxygen atoms in total. The van der Waals surface area contributed by atoms with Gasteiger partial charge in [-0.25, -0.2) is 9.18 Å². The molecule has 3 aromatic carbocycles. The van der Waals surface area contributed by atoms with Gasteiger partial charge in [0.2, 0.25) is 0 Å². The van der Waals surface area contributed by atoms with Crippen molar-refractivity contribution in [2.45, 2.75) is 44.5 Å². The molecule has 1 unspecified atom stereocenters. The third kappa shape index (κ3) is 7.33. The summed E-state index contributed by atoms with van der Waals surface area (Å²) >= 11 is 6.27. The van der Waals surface area contributed by atoms with Gasteiger partial charge in [0, 0.05) is 47.1 Å². The van der Waals surface area contributed by atoms with Crippen LogP contribution >= 0.6 is 11.6 Å². The molecule has 0 radical (unpaired) electrons. The molecule has 1 aromatic heterocycles. The van der Waals surface area contributed by atoms with E-state index in [1.807, 2.05) is 0 Å². The summed E-state index contributed by atoms with van der Waals surface area (Å²) in [7, 11) is -0.241. The van der Waals surface area contributed by atoms with Crippen molar-refractivity contribution in [1.29, 1.82) is 0 Å². The fourth-order valence-corrected chi connectivity index (χ4v) is 6.37. The maximum absolute atomic E-state index is 14.8. The third-order valence-corrected chi connectivity index (χ3v) is 9.03. The van der Waals surface area contributed by atoms with Crippen LogP contribution in [0, 0.1) is 6.92 Å². The van der Waals surface area contributed by atoms with Crippen molar-refractivity contribution in [1.82, 2.24) is 14.5 Å². The van der Waals surface area contributed by atoms with Crippen molar-refractivity contribution in [2.75, 3.05) is 17.3 Å². The Balaban J connectivity index is 1.68. The number of carbonyl (C=O) groups excluding carboxylic acids is 2. The van der Waals surface area contributed by atoms with E-state index in [4.69, 9.17) is 11.6 Å². The van der Waals surface area contributed by atoms with E-state index in [0.717, 1.165) is 11.6 Å². The molecule has 0 spiro atoms. The molecule has 0 bridgehead atoms. The van der Waals surface area contributed by atoms with Crippen LogP contribution in [0.2, 0.25) is 5.02 Å². The molecule has 50 heavy (non-hydrogen) atoms. The monoisotopic (exact) mass is 748 g/mol. The van der Waals surface area contributed by atoms with Gasteiger partial charge in [-0.2, -0.15) is 26.3 Å². The number of hydrogen-bond donors (Lipinski definition) is 2. The normalized spacial score (nSPS) is 13.6. The Hall–Kier alpha value is -4.51. The quantitative estimate of drug-likeness (QED) is 0.212. The summed E-state index contributed by atoms with van der Waals surface area (Å²) in [6, 6.07) is 9.18. The number of rotatable bonds is 9. The van der Waals surface area contributed by atoms with Crippen molar-refractivity contribution < 1.29 is 44.5 Å². The number of fused-ring (bicyclic) bond motifs is 1. The van der Waals surface area contributed by atoms with Crippen molar-refractivity contribution in [3.05, 3.63) is 108 Å². The maximum atomic E-state index is 14.8. The van der Waals surface area contributed by atoms with Crippen LogP contribution in [0.4, 0.5) is 36.4 Å². The highest BCUT2D eigenvalue weighted by molar-refractivity contribution is 7.84. The molecular weight excluding hydrogens is 721 g/mol. The first kappa shape index (κ1) is 38.3. The fraction of sp³-hybridized carbons (Fsp3) is 0.312. The number of hydrogen-bond acceptors (Lipinski definition) is 5. The summed E-state index contributed by atoms with van der Waals surface area (Å²) in [5.41, 5.74) is -9.35. The molecule has 2 N–H and O–H groups in total. The molecule has 2 amide bonds. The molecule has 18 heteroatoms. The number of alkyl halides is 7. The molecule has 268 valence electrons. The maximum Gasteiger partial charge on any atom is 0.435 e. The highest BCUT2D eigenvalue weighted by atomic mass is 35.5. The van der Waals surface area contributed by atoms with Gasteiger partial charge in [0.05, 0.1) is 33.6 Å². The highest BCUT2D eigenvalue weighted by Crippen LogP contribution is 2.53. The van der Waals surface area contributed by atoms with Gasteiger partial charge in [-0.3, -0.25) is 27.7 Å². The predicted molar refractivity (Wildman–Crippen MR) is 174 cm³/mol. The lowest BCUT2D eigenvalue weighted by Crippen LogP contribution is -2.50. The highest BCUT2D eigenvalue weighted by Gasteiger charge is 2.73. The minimum atomic E-state index is -6.41. The van der Waals surface area contributed by atoms with Crippen molar-refractivity contribution >= 4 is 50.8 Å². The van der Waals surface area contributed by atoms with E-state index in [1.165, 1.54) is 42.7 Å². The molecule has 0 aliphatic rings. The van der Waals surface area contributed by atoms with Gasteiger partial charge in [0.1, 0.15) is 0 Å². The zero-order valence-electron chi connectivity index (χ0n) is 26.6. The first-order valence-corrected chi connectivity index (χ1v) is 16.6.